The molecule has 2 atom stereocenters. The van der Waals surface area contributed by atoms with Crippen LogP contribution in [0.15, 0.2) is 30.3 Å². The molecule has 0 radical (unpaired) electrons. The Hall–Kier alpha value is -2.61. The first-order valence-electron chi connectivity index (χ1n) is 7.14. The number of hydrogen-bond acceptors (Lipinski definition) is 5. The summed E-state index contributed by atoms with van der Waals surface area (Å²) in [5, 5.41) is 20.9. The molecule has 1 heterocycles. The molecule has 124 valence electrons. The molecule has 8 heteroatoms. The molecule has 0 spiro atoms. The number of nitrogens with one attached hydrogen (secondary N) is 1. The van der Waals surface area contributed by atoms with Crippen molar-refractivity contribution in [1.82, 2.24) is 10.2 Å². The second kappa shape index (κ2) is 7.59. The number of nitrogens with zero attached hydrogens (tertiary/aromatic N) is 1. The van der Waals surface area contributed by atoms with E-state index in [0.717, 1.165) is 10.5 Å². The van der Waals surface area contributed by atoms with E-state index in [1.54, 1.807) is 12.1 Å². The van der Waals surface area contributed by atoms with Crippen molar-refractivity contribution in [2.24, 2.45) is 0 Å². The first-order valence-corrected chi connectivity index (χ1v) is 7.14. The van der Waals surface area contributed by atoms with Crippen molar-refractivity contribution in [1.29, 1.82) is 0 Å². The molecule has 0 saturated carbocycles. The normalized spacial score (nSPS) is 20.1. The van der Waals surface area contributed by atoms with Crippen LogP contribution in [0.3, 0.4) is 0 Å². The fourth-order valence-electron chi connectivity index (χ4n) is 2.38. The fraction of sp³-hybridized carbons (Fsp3) is 0.400. The third-order valence-corrected chi connectivity index (χ3v) is 3.54. The van der Waals surface area contributed by atoms with Gasteiger partial charge in [0.15, 0.2) is 6.04 Å². The van der Waals surface area contributed by atoms with Gasteiger partial charge in [-0.1, -0.05) is 30.3 Å². The van der Waals surface area contributed by atoms with E-state index in [-0.39, 0.29) is 26.1 Å². The number of carboxylic acids is 1. The summed E-state index contributed by atoms with van der Waals surface area (Å²) < 4.78 is 4.95. The van der Waals surface area contributed by atoms with Gasteiger partial charge >= 0.3 is 12.1 Å². The highest BCUT2D eigenvalue weighted by Crippen LogP contribution is 2.18. The number of rotatable bonds is 5. The van der Waals surface area contributed by atoms with Crippen LogP contribution in [-0.2, 0) is 20.9 Å². The molecule has 2 rings (SSSR count). The summed E-state index contributed by atoms with van der Waals surface area (Å²) in [4.78, 5) is 35.6. The predicted octanol–water partition coefficient (Wildman–Crippen LogP) is -0.0408. The minimum absolute atomic E-state index is 0.0705. The van der Waals surface area contributed by atoms with Crippen molar-refractivity contribution in [3.63, 3.8) is 0 Å². The molecule has 0 aromatic heterocycles. The number of carbonyl (C=O) groups is 3. The predicted molar refractivity (Wildman–Crippen MR) is 78.4 cm³/mol. The van der Waals surface area contributed by atoms with Crippen LogP contribution in [0, 0.1) is 0 Å². The number of hydrogen-bond donors (Lipinski definition) is 3. The lowest BCUT2D eigenvalue weighted by atomic mass is 10.2. The van der Waals surface area contributed by atoms with Crippen molar-refractivity contribution >= 4 is 18.0 Å². The average molecular weight is 322 g/mol. The molecule has 0 unspecified atom stereocenters. The van der Waals surface area contributed by atoms with E-state index in [2.05, 4.69) is 5.32 Å². The number of aliphatic carboxylic acids is 1. The van der Waals surface area contributed by atoms with Gasteiger partial charge in [0.1, 0.15) is 13.2 Å². The van der Waals surface area contributed by atoms with Gasteiger partial charge < -0.3 is 25.2 Å². The van der Waals surface area contributed by atoms with Crippen LogP contribution < -0.4 is 5.32 Å². The number of benzene rings is 1. The van der Waals surface area contributed by atoms with Gasteiger partial charge in [-0.2, -0.15) is 0 Å². The summed E-state index contributed by atoms with van der Waals surface area (Å²) in [7, 11) is 0. The number of amides is 2. The SMILES string of the molecule is O=C(NCC(=O)N1CC[C@H](O)[C@H]1C(=O)O)OCc1ccccc1. The van der Waals surface area contributed by atoms with Crippen LogP contribution in [0.1, 0.15) is 12.0 Å². The number of alkyl carbamates (subject to hydrolysis) is 1. The van der Waals surface area contributed by atoms with Crippen molar-refractivity contribution < 1.29 is 29.3 Å². The number of ether oxygens (including phenoxy) is 1. The summed E-state index contributed by atoms with van der Waals surface area (Å²) in [5.41, 5.74) is 0.808. The van der Waals surface area contributed by atoms with Gasteiger partial charge in [0, 0.05) is 6.54 Å². The van der Waals surface area contributed by atoms with E-state index in [1.165, 1.54) is 0 Å². The van der Waals surface area contributed by atoms with Crippen LogP contribution in [0.25, 0.3) is 0 Å². The molecule has 3 N–H and O–H groups in total. The first-order chi connectivity index (χ1) is 11.0. The standard InChI is InChI=1S/C15H18N2O6/c18-11-6-7-17(13(11)14(20)21)12(19)8-16-15(22)23-9-10-4-2-1-3-5-10/h1-5,11,13,18H,6-9H2,(H,16,22)(H,20,21)/t11-,13-/m0/s1. The number of likely N-dealkylation sites (tertiary alicyclic amines) is 1. The molecule has 1 aliphatic rings. The summed E-state index contributed by atoms with van der Waals surface area (Å²) in [5.74, 6) is -1.85. The van der Waals surface area contributed by atoms with Crippen LogP contribution in [0.4, 0.5) is 4.79 Å². The quantitative estimate of drug-likeness (QED) is 0.700. The second-order valence-corrected chi connectivity index (χ2v) is 5.14. The Kier molecular flexibility index (Phi) is 5.53. The van der Waals surface area contributed by atoms with E-state index in [9.17, 15) is 19.5 Å². The highest BCUT2D eigenvalue weighted by Gasteiger charge is 2.40. The Bertz CT molecular complexity index is 577. The van der Waals surface area contributed by atoms with Gasteiger partial charge in [-0.3, -0.25) is 4.79 Å². The van der Waals surface area contributed by atoms with E-state index < -0.39 is 30.1 Å². The number of aliphatic hydroxyl groups is 1. The zero-order valence-electron chi connectivity index (χ0n) is 12.3. The van der Waals surface area contributed by atoms with Gasteiger partial charge in [-0.15, -0.1) is 0 Å². The van der Waals surface area contributed by atoms with Crippen LogP contribution >= 0.6 is 0 Å². The van der Waals surface area contributed by atoms with Crippen molar-refractivity contribution in [3.8, 4) is 0 Å². The Balaban J connectivity index is 1.77. The lowest BCUT2D eigenvalue weighted by Crippen LogP contribution is -2.48. The fourth-order valence-corrected chi connectivity index (χ4v) is 2.38. The highest BCUT2D eigenvalue weighted by atomic mass is 16.5. The molecule has 0 aliphatic carbocycles. The minimum atomic E-state index is -1.27. The monoisotopic (exact) mass is 322 g/mol. The molecule has 1 saturated heterocycles. The van der Waals surface area contributed by atoms with E-state index in [0.29, 0.717) is 0 Å². The maximum absolute atomic E-state index is 12.0. The summed E-state index contributed by atoms with van der Waals surface area (Å²) in [6.07, 6.45) is -1.67. The van der Waals surface area contributed by atoms with Gasteiger partial charge in [0.2, 0.25) is 5.91 Å². The zero-order chi connectivity index (χ0) is 16.8. The Morgan fingerprint density at radius 2 is 1.96 bits per heavy atom. The first kappa shape index (κ1) is 16.8. The van der Waals surface area contributed by atoms with Gasteiger partial charge in [0.25, 0.3) is 0 Å². The topological polar surface area (TPSA) is 116 Å². The number of carbonyl (C=O) groups excluding carboxylic acids is 2. The molecule has 23 heavy (non-hydrogen) atoms. The Morgan fingerprint density at radius 3 is 2.61 bits per heavy atom. The molecular formula is C15H18N2O6. The van der Waals surface area contributed by atoms with Crippen LogP contribution in [-0.4, -0.2) is 58.3 Å². The third-order valence-electron chi connectivity index (χ3n) is 3.54. The van der Waals surface area contributed by atoms with Gasteiger partial charge in [-0.05, 0) is 12.0 Å². The maximum Gasteiger partial charge on any atom is 0.407 e. The number of carboxylic acid groups (broad SMARTS) is 1. The largest absolute Gasteiger partial charge is 0.480 e. The third kappa shape index (κ3) is 4.43. The summed E-state index contributed by atoms with van der Waals surface area (Å²) in [6.45, 7) is -0.178. The van der Waals surface area contributed by atoms with Gasteiger partial charge in [-0.25, -0.2) is 9.59 Å². The maximum atomic E-state index is 12.0. The second-order valence-electron chi connectivity index (χ2n) is 5.14. The van der Waals surface area contributed by atoms with E-state index in [4.69, 9.17) is 9.84 Å². The molecule has 1 fully saturated rings. The van der Waals surface area contributed by atoms with Crippen molar-refractivity contribution in [2.75, 3.05) is 13.1 Å². The molecule has 0 bridgehead atoms. The summed E-state index contributed by atoms with van der Waals surface area (Å²) >= 11 is 0. The molecular weight excluding hydrogens is 304 g/mol. The average Bonchev–Trinajstić information content (AvgIpc) is 2.93. The van der Waals surface area contributed by atoms with Gasteiger partial charge in [0.05, 0.1) is 6.10 Å². The van der Waals surface area contributed by atoms with Crippen molar-refractivity contribution in [2.45, 2.75) is 25.2 Å². The van der Waals surface area contributed by atoms with Crippen molar-refractivity contribution in [3.05, 3.63) is 35.9 Å². The van der Waals surface area contributed by atoms with E-state index >= 15 is 0 Å². The molecule has 8 nitrogen and oxygen atoms in total. The van der Waals surface area contributed by atoms with Crippen LogP contribution in [0.2, 0.25) is 0 Å². The molecule has 2 amide bonds. The zero-order valence-corrected chi connectivity index (χ0v) is 12.3. The lowest BCUT2D eigenvalue weighted by Gasteiger charge is -2.22. The minimum Gasteiger partial charge on any atom is -0.480 e. The molecule has 1 aromatic rings. The summed E-state index contributed by atoms with van der Waals surface area (Å²) in [6, 6.07) is 7.77. The Morgan fingerprint density at radius 1 is 1.26 bits per heavy atom. The highest BCUT2D eigenvalue weighted by molar-refractivity contribution is 5.87. The molecule has 1 aliphatic heterocycles. The lowest BCUT2D eigenvalue weighted by molar-refractivity contribution is -0.150. The Labute approximate surface area is 132 Å². The molecule has 1 aromatic carbocycles. The smallest absolute Gasteiger partial charge is 0.407 e. The van der Waals surface area contributed by atoms with E-state index in [1.807, 2.05) is 18.2 Å². The van der Waals surface area contributed by atoms with Crippen LogP contribution in [0.5, 0.6) is 0 Å². The number of aliphatic hydroxyl groups excluding tert-OH is 1.